The molecule has 1 rings (SSSR count). The molecule has 6 nitrogen and oxygen atoms in total. The van der Waals surface area contributed by atoms with E-state index in [1.54, 1.807) is 13.8 Å². The van der Waals surface area contributed by atoms with Crippen LogP contribution in [-0.4, -0.2) is 27.5 Å². The zero-order valence-corrected chi connectivity index (χ0v) is 12.2. The summed E-state index contributed by atoms with van der Waals surface area (Å²) in [5.41, 5.74) is 1.01. The molecule has 0 amide bonds. The second-order valence-corrected chi connectivity index (χ2v) is 5.81. The van der Waals surface area contributed by atoms with Gasteiger partial charge in [-0.25, -0.2) is 13.1 Å². The Balaban J connectivity index is 2.72. The first-order valence-electron chi connectivity index (χ1n) is 6.06. The number of aryl methyl sites for hydroxylation is 1. The van der Waals surface area contributed by atoms with Crippen LogP contribution in [0.5, 0.6) is 0 Å². The fraction of sp³-hybridized carbons (Fsp3) is 0.385. The Morgan fingerprint density at radius 1 is 1.45 bits per heavy atom. The van der Waals surface area contributed by atoms with E-state index in [1.807, 2.05) is 6.07 Å². The summed E-state index contributed by atoms with van der Waals surface area (Å²) >= 11 is 0. The van der Waals surface area contributed by atoms with Crippen molar-refractivity contribution in [3.8, 4) is 6.07 Å². The molecule has 0 atom stereocenters. The van der Waals surface area contributed by atoms with Crippen molar-refractivity contribution in [2.75, 3.05) is 13.2 Å². The molecular weight excluding hydrogens is 280 g/mol. The molecule has 0 saturated carbocycles. The number of benzene rings is 1. The zero-order valence-electron chi connectivity index (χ0n) is 11.3. The zero-order chi connectivity index (χ0) is 15.2. The Hall–Kier alpha value is -1.91. The molecule has 0 aliphatic rings. The number of nitrogens with one attached hydrogen (secondary N) is 1. The quantitative estimate of drug-likeness (QED) is 0.793. The van der Waals surface area contributed by atoms with E-state index < -0.39 is 16.0 Å². The number of rotatable bonds is 6. The number of carbonyl (C=O) groups excluding carboxylic acids is 1. The number of nitriles is 1. The smallest absolute Gasteiger partial charge is 0.307 e. The van der Waals surface area contributed by atoms with E-state index in [-0.39, 0.29) is 24.5 Å². The topological polar surface area (TPSA) is 96.3 Å². The summed E-state index contributed by atoms with van der Waals surface area (Å²) in [6.45, 7) is 3.58. The minimum absolute atomic E-state index is 0.0255. The van der Waals surface area contributed by atoms with Crippen LogP contribution >= 0.6 is 0 Å². The van der Waals surface area contributed by atoms with Gasteiger partial charge in [0.15, 0.2) is 0 Å². The van der Waals surface area contributed by atoms with Gasteiger partial charge in [0.25, 0.3) is 0 Å². The lowest BCUT2D eigenvalue weighted by molar-refractivity contribution is -0.142. The Morgan fingerprint density at radius 3 is 2.70 bits per heavy atom. The van der Waals surface area contributed by atoms with Crippen molar-refractivity contribution in [3.63, 3.8) is 0 Å². The molecule has 0 aliphatic carbocycles. The van der Waals surface area contributed by atoms with E-state index in [1.165, 1.54) is 18.2 Å². The van der Waals surface area contributed by atoms with Crippen molar-refractivity contribution < 1.29 is 17.9 Å². The number of hydrogen-bond donors (Lipinski definition) is 1. The standard InChI is InChI=1S/C13H16N2O4S/c1-3-19-13(16)6-7-15-20(17,18)12-5-4-11(9-14)10(2)8-12/h4-5,8,15H,3,6-7H2,1-2H3. The fourth-order valence-corrected chi connectivity index (χ4v) is 2.65. The van der Waals surface area contributed by atoms with Gasteiger partial charge in [0, 0.05) is 6.54 Å². The molecule has 0 saturated heterocycles. The molecule has 1 N–H and O–H groups in total. The number of esters is 1. The number of hydrogen-bond acceptors (Lipinski definition) is 5. The van der Waals surface area contributed by atoms with Gasteiger partial charge in [-0.1, -0.05) is 0 Å². The number of ether oxygens (including phenoxy) is 1. The first-order chi connectivity index (χ1) is 9.40. The van der Waals surface area contributed by atoms with Crippen LogP contribution in [0.25, 0.3) is 0 Å². The summed E-state index contributed by atoms with van der Waals surface area (Å²) in [5, 5.41) is 8.80. The number of sulfonamides is 1. The highest BCUT2D eigenvalue weighted by Gasteiger charge is 2.15. The van der Waals surface area contributed by atoms with Crippen molar-refractivity contribution in [1.29, 1.82) is 5.26 Å². The van der Waals surface area contributed by atoms with Crippen LogP contribution in [0.15, 0.2) is 23.1 Å². The van der Waals surface area contributed by atoms with Gasteiger partial charge in [-0.2, -0.15) is 5.26 Å². The van der Waals surface area contributed by atoms with Gasteiger partial charge >= 0.3 is 5.97 Å². The number of carbonyl (C=O) groups is 1. The molecule has 1 aromatic rings. The molecule has 0 bridgehead atoms. The summed E-state index contributed by atoms with van der Waals surface area (Å²) in [4.78, 5) is 11.2. The molecule has 1 aromatic carbocycles. The average molecular weight is 296 g/mol. The third-order valence-electron chi connectivity index (χ3n) is 2.56. The Labute approximate surface area is 118 Å². The average Bonchev–Trinajstić information content (AvgIpc) is 2.38. The minimum Gasteiger partial charge on any atom is -0.466 e. The van der Waals surface area contributed by atoms with Crippen LogP contribution in [0.2, 0.25) is 0 Å². The van der Waals surface area contributed by atoms with Gasteiger partial charge in [-0.15, -0.1) is 0 Å². The molecule has 0 fully saturated rings. The van der Waals surface area contributed by atoms with Crippen LogP contribution in [0.3, 0.4) is 0 Å². The molecule has 0 radical (unpaired) electrons. The highest BCUT2D eigenvalue weighted by molar-refractivity contribution is 7.89. The molecule has 0 spiro atoms. The maximum absolute atomic E-state index is 12.0. The molecule has 0 heterocycles. The van der Waals surface area contributed by atoms with E-state index in [4.69, 9.17) is 10.00 Å². The first kappa shape index (κ1) is 16.1. The highest BCUT2D eigenvalue weighted by atomic mass is 32.2. The fourth-order valence-electron chi connectivity index (χ4n) is 1.53. The monoisotopic (exact) mass is 296 g/mol. The molecule has 0 aliphatic heterocycles. The second kappa shape index (κ2) is 7.03. The summed E-state index contributed by atoms with van der Waals surface area (Å²) in [6.07, 6.45) is -0.0255. The lowest BCUT2D eigenvalue weighted by atomic mass is 10.1. The number of nitrogens with zero attached hydrogens (tertiary/aromatic N) is 1. The lowest BCUT2D eigenvalue weighted by Crippen LogP contribution is -2.26. The van der Waals surface area contributed by atoms with Gasteiger partial charge in [-0.3, -0.25) is 4.79 Å². The van der Waals surface area contributed by atoms with Gasteiger partial charge in [0.2, 0.25) is 10.0 Å². The maximum Gasteiger partial charge on any atom is 0.307 e. The van der Waals surface area contributed by atoms with Crippen molar-refractivity contribution in [3.05, 3.63) is 29.3 Å². The Morgan fingerprint density at radius 2 is 2.15 bits per heavy atom. The van der Waals surface area contributed by atoms with Gasteiger partial charge in [-0.05, 0) is 37.6 Å². The molecule has 20 heavy (non-hydrogen) atoms. The van der Waals surface area contributed by atoms with Crippen LogP contribution in [0.1, 0.15) is 24.5 Å². The SMILES string of the molecule is CCOC(=O)CCNS(=O)(=O)c1ccc(C#N)c(C)c1. The van der Waals surface area contributed by atoms with Gasteiger partial charge in [0.05, 0.1) is 29.6 Å². The maximum atomic E-state index is 12.0. The molecule has 108 valence electrons. The largest absolute Gasteiger partial charge is 0.466 e. The van der Waals surface area contributed by atoms with Crippen LogP contribution < -0.4 is 4.72 Å². The van der Waals surface area contributed by atoms with E-state index in [0.717, 1.165) is 0 Å². The van der Waals surface area contributed by atoms with Gasteiger partial charge < -0.3 is 4.74 Å². The summed E-state index contributed by atoms with van der Waals surface area (Å²) < 4.78 is 31.0. The molecule has 0 unspecified atom stereocenters. The summed E-state index contributed by atoms with van der Waals surface area (Å²) in [6, 6.07) is 6.20. The Bertz CT molecular complexity index is 632. The molecule has 7 heteroatoms. The summed E-state index contributed by atoms with van der Waals surface area (Å²) in [7, 11) is -3.69. The van der Waals surface area contributed by atoms with Crippen molar-refractivity contribution in [2.24, 2.45) is 0 Å². The van der Waals surface area contributed by atoms with Crippen LogP contribution in [-0.2, 0) is 19.6 Å². The third kappa shape index (κ3) is 4.33. The third-order valence-corrected chi connectivity index (χ3v) is 4.01. The highest BCUT2D eigenvalue weighted by Crippen LogP contribution is 2.14. The molecular formula is C13H16N2O4S. The van der Waals surface area contributed by atoms with E-state index in [2.05, 4.69) is 4.72 Å². The van der Waals surface area contributed by atoms with E-state index in [9.17, 15) is 13.2 Å². The first-order valence-corrected chi connectivity index (χ1v) is 7.55. The minimum atomic E-state index is -3.69. The predicted molar refractivity (Wildman–Crippen MR) is 72.3 cm³/mol. The normalized spacial score (nSPS) is 10.8. The second-order valence-electron chi connectivity index (χ2n) is 4.04. The van der Waals surface area contributed by atoms with Crippen molar-refractivity contribution >= 4 is 16.0 Å². The predicted octanol–water partition coefficient (Wildman–Crippen LogP) is 1.10. The summed E-state index contributed by atoms with van der Waals surface area (Å²) in [5.74, 6) is -0.453. The van der Waals surface area contributed by atoms with Crippen molar-refractivity contribution in [2.45, 2.75) is 25.2 Å². The van der Waals surface area contributed by atoms with E-state index >= 15 is 0 Å². The van der Waals surface area contributed by atoms with Crippen LogP contribution in [0.4, 0.5) is 0 Å². The van der Waals surface area contributed by atoms with Crippen molar-refractivity contribution in [1.82, 2.24) is 4.72 Å². The lowest BCUT2D eigenvalue weighted by Gasteiger charge is -2.08. The van der Waals surface area contributed by atoms with Gasteiger partial charge in [0.1, 0.15) is 0 Å². The Kier molecular flexibility index (Phi) is 5.67. The van der Waals surface area contributed by atoms with Crippen LogP contribution in [0, 0.1) is 18.3 Å². The molecule has 0 aromatic heterocycles. The van der Waals surface area contributed by atoms with E-state index in [0.29, 0.717) is 11.1 Å².